The van der Waals surface area contributed by atoms with Crippen molar-refractivity contribution in [3.63, 3.8) is 0 Å². The summed E-state index contributed by atoms with van der Waals surface area (Å²) < 4.78 is 0. The van der Waals surface area contributed by atoms with E-state index < -0.39 is 0 Å². The largest absolute Gasteiger partial charge is 0.334 e. The van der Waals surface area contributed by atoms with Crippen LogP contribution in [0.25, 0.3) is 0 Å². The van der Waals surface area contributed by atoms with Crippen LogP contribution in [0.3, 0.4) is 0 Å². The van der Waals surface area contributed by atoms with Gasteiger partial charge in [0.2, 0.25) is 5.91 Å². The van der Waals surface area contributed by atoms with Gasteiger partial charge in [-0.2, -0.15) is 0 Å². The molecular formula is C21H27N3O2. The second-order valence-corrected chi connectivity index (χ2v) is 7.40. The zero-order valence-corrected chi connectivity index (χ0v) is 15.8. The molecule has 0 atom stereocenters. The Kier molecular flexibility index (Phi) is 6.39. The van der Waals surface area contributed by atoms with E-state index >= 15 is 0 Å². The van der Waals surface area contributed by atoms with Crippen LogP contribution in [0.5, 0.6) is 0 Å². The van der Waals surface area contributed by atoms with Crippen molar-refractivity contribution >= 4 is 17.6 Å². The summed E-state index contributed by atoms with van der Waals surface area (Å²) in [5, 5.41) is 8.06. The first-order valence-corrected chi connectivity index (χ1v) is 8.72. The van der Waals surface area contributed by atoms with E-state index in [0.29, 0.717) is 12.2 Å². The first-order valence-electron chi connectivity index (χ1n) is 8.72. The fourth-order valence-corrected chi connectivity index (χ4v) is 2.37. The Morgan fingerprint density at radius 3 is 2.08 bits per heavy atom. The molecular weight excluding hydrogens is 326 g/mol. The molecule has 5 nitrogen and oxygen atoms in total. The number of amides is 3. The lowest BCUT2D eigenvalue weighted by molar-refractivity contribution is -0.115. The van der Waals surface area contributed by atoms with E-state index in [2.05, 4.69) is 36.7 Å². The van der Waals surface area contributed by atoms with Gasteiger partial charge in [0, 0.05) is 12.2 Å². The third-order valence-corrected chi connectivity index (χ3v) is 4.02. The lowest BCUT2D eigenvalue weighted by Crippen LogP contribution is -2.39. The predicted octanol–water partition coefficient (Wildman–Crippen LogP) is 3.73. The molecule has 3 amide bonds. The molecule has 0 heterocycles. The van der Waals surface area contributed by atoms with Crippen molar-refractivity contribution in [3.05, 3.63) is 65.2 Å². The number of rotatable bonds is 5. The van der Waals surface area contributed by atoms with E-state index in [1.165, 1.54) is 11.1 Å². The normalized spacial score (nSPS) is 10.9. The molecule has 0 bridgehead atoms. The first-order chi connectivity index (χ1) is 12.2. The zero-order valence-electron chi connectivity index (χ0n) is 15.8. The topological polar surface area (TPSA) is 70.2 Å². The quantitative estimate of drug-likeness (QED) is 0.766. The average Bonchev–Trinajstić information content (AvgIpc) is 2.59. The van der Waals surface area contributed by atoms with Crippen LogP contribution in [0.1, 0.15) is 37.5 Å². The molecule has 2 rings (SSSR count). The Labute approximate surface area is 155 Å². The van der Waals surface area contributed by atoms with Crippen LogP contribution in [-0.2, 0) is 16.8 Å². The van der Waals surface area contributed by atoms with Gasteiger partial charge in [0.1, 0.15) is 0 Å². The van der Waals surface area contributed by atoms with Gasteiger partial charge in [-0.25, -0.2) is 4.79 Å². The van der Waals surface area contributed by atoms with Crippen molar-refractivity contribution in [2.75, 3.05) is 11.9 Å². The van der Waals surface area contributed by atoms with Gasteiger partial charge >= 0.3 is 6.03 Å². The SMILES string of the molecule is Cc1ccc(CNC(=O)NCC(=O)Nc2ccc(C(C)(C)C)cc2)cc1. The van der Waals surface area contributed by atoms with E-state index in [4.69, 9.17) is 0 Å². The fourth-order valence-electron chi connectivity index (χ4n) is 2.37. The van der Waals surface area contributed by atoms with Crippen LogP contribution in [0.15, 0.2) is 48.5 Å². The number of benzene rings is 2. The smallest absolute Gasteiger partial charge is 0.315 e. The summed E-state index contributed by atoms with van der Waals surface area (Å²) in [5.41, 5.74) is 4.16. The summed E-state index contributed by atoms with van der Waals surface area (Å²) in [6, 6.07) is 15.3. The van der Waals surface area contributed by atoms with E-state index in [-0.39, 0.29) is 23.9 Å². The number of hydrogen-bond donors (Lipinski definition) is 3. The monoisotopic (exact) mass is 353 g/mol. The average molecular weight is 353 g/mol. The Balaban J connectivity index is 1.74. The molecule has 0 aliphatic carbocycles. The highest BCUT2D eigenvalue weighted by Gasteiger charge is 2.13. The summed E-state index contributed by atoms with van der Waals surface area (Å²) in [7, 11) is 0. The number of urea groups is 1. The van der Waals surface area contributed by atoms with Gasteiger partial charge in [-0.3, -0.25) is 4.79 Å². The van der Waals surface area contributed by atoms with Gasteiger partial charge in [0.15, 0.2) is 0 Å². The number of anilines is 1. The minimum atomic E-state index is -0.371. The summed E-state index contributed by atoms with van der Waals surface area (Å²) in [6.45, 7) is 8.77. The summed E-state index contributed by atoms with van der Waals surface area (Å²) >= 11 is 0. The minimum Gasteiger partial charge on any atom is -0.334 e. The van der Waals surface area contributed by atoms with Crippen molar-refractivity contribution in [3.8, 4) is 0 Å². The molecule has 0 aliphatic heterocycles. The molecule has 2 aromatic rings. The number of nitrogens with one attached hydrogen (secondary N) is 3. The molecule has 0 saturated heterocycles. The van der Waals surface area contributed by atoms with Crippen molar-refractivity contribution in [2.24, 2.45) is 0 Å². The van der Waals surface area contributed by atoms with Crippen LogP contribution in [-0.4, -0.2) is 18.5 Å². The Morgan fingerprint density at radius 2 is 1.50 bits per heavy atom. The van der Waals surface area contributed by atoms with Crippen LogP contribution >= 0.6 is 0 Å². The van der Waals surface area contributed by atoms with Gasteiger partial charge in [-0.05, 0) is 35.6 Å². The number of hydrogen-bond acceptors (Lipinski definition) is 2. The molecule has 0 aliphatic rings. The highest BCUT2D eigenvalue weighted by molar-refractivity contribution is 5.94. The molecule has 26 heavy (non-hydrogen) atoms. The van der Waals surface area contributed by atoms with Crippen molar-refractivity contribution in [1.82, 2.24) is 10.6 Å². The maximum atomic E-state index is 12.0. The third kappa shape index (κ3) is 6.24. The highest BCUT2D eigenvalue weighted by Crippen LogP contribution is 2.23. The lowest BCUT2D eigenvalue weighted by atomic mass is 9.87. The van der Waals surface area contributed by atoms with Crippen LogP contribution < -0.4 is 16.0 Å². The van der Waals surface area contributed by atoms with Gasteiger partial charge in [0.05, 0.1) is 6.54 Å². The summed E-state index contributed by atoms with van der Waals surface area (Å²) in [6.07, 6.45) is 0. The second kappa shape index (κ2) is 8.52. The van der Waals surface area contributed by atoms with Crippen molar-refractivity contribution in [1.29, 1.82) is 0 Å². The molecule has 2 aromatic carbocycles. The van der Waals surface area contributed by atoms with Crippen LogP contribution in [0.2, 0.25) is 0 Å². The zero-order chi connectivity index (χ0) is 19.2. The van der Waals surface area contributed by atoms with E-state index in [1.54, 1.807) is 0 Å². The van der Waals surface area contributed by atoms with E-state index in [0.717, 1.165) is 5.56 Å². The Hall–Kier alpha value is -2.82. The summed E-state index contributed by atoms with van der Waals surface area (Å²) in [4.78, 5) is 23.7. The van der Waals surface area contributed by atoms with Gasteiger partial charge < -0.3 is 16.0 Å². The van der Waals surface area contributed by atoms with Gasteiger partial charge in [-0.1, -0.05) is 62.7 Å². The maximum absolute atomic E-state index is 12.0. The fraction of sp³-hybridized carbons (Fsp3) is 0.333. The minimum absolute atomic E-state index is 0.0691. The number of carbonyl (C=O) groups is 2. The van der Waals surface area contributed by atoms with Crippen molar-refractivity contribution in [2.45, 2.75) is 39.7 Å². The van der Waals surface area contributed by atoms with E-state index in [9.17, 15) is 9.59 Å². The van der Waals surface area contributed by atoms with Crippen molar-refractivity contribution < 1.29 is 9.59 Å². The molecule has 0 spiro atoms. The molecule has 0 aromatic heterocycles. The van der Waals surface area contributed by atoms with Crippen LogP contribution in [0.4, 0.5) is 10.5 Å². The second-order valence-electron chi connectivity index (χ2n) is 7.40. The molecule has 0 fully saturated rings. The number of carbonyl (C=O) groups excluding carboxylic acids is 2. The molecule has 0 unspecified atom stereocenters. The standard InChI is InChI=1S/C21H27N3O2/c1-15-5-7-16(8-6-15)13-22-20(26)23-14-19(25)24-18-11-9-17(10-12-18)21(2,3)4/h5-12H,13-14H2,1-4H3,(H,24,25)(H2,22,23,26). The van der Waals surface area contributed by atoms with Gasteiger partial charge in [-0.15, -0.1) is 0 Å². The molecule has 0 radical (unpaired) electrons. The lowest BCUT2D eigenvalue weighted by Gasteiger charge is -2.19. The Bertz CT molecular complexity index is 744. The number of aryl methyl sites for hydroxylation is 1. The molecule has 138 valence electrons. The maximum Gasteiger partial charge on any atom is 0.315 e. The Morgan fingerprint density at radius 1 is 0.885 bits per heavy atom. The van der Waals surface area contributed by atoms with Crippen LogP contribution in [0, 0.1) is 6.92 Å². The molecule has 3 N–H and O–H groups in total. The summed E-state index contributed by atoms with van der Waals surface area (Å²) in [5.74, 6) is -0.265. The predicted molar refractivity (Wildman–Crippen MR) is 105 cm³/mol. The third-order valence-electron chi connectivity index (χ3n) is 4.02. The molecule has 5 heteroatoms. The first kappa shape index (κ1) is 19.5. The highest BCUT2D eigenvalue weighted by atomic mass is 16.2. The van der Waals surface area contributed by atoms with E-state index in [1.807, 2.05) is 55.5 Å². The van der Waals surface area contributed by atoms with Gasteiger partial charge in [0.25, 0.3) is 0 Å². The molecule has 0 saturated carbocycles.